The Morgan fingerprint density at radius 2 is 2.43 bits per heavy atom. The van der Waals surface area contributed by atoms with E-state index in [1.165, 1.54) is 11.5 Å². The number of halogens is 1. The molecule has 0 aliphatic rings. The van der Waals surface area contributed by atoms with Crippen molar-refractivity contribution in [1.29, 1.82) is 0 Å². The molecule has 0 aliphatic heterocycles. The molecule has 2 aromatic heterocycles. The summed E-state index contributed by atoms with van der Waals surface area (Å²) in [5, 5.41) is 5.80. The van der Waals surface area contributed by atoms with Gasteiger partial charge in [-0.15, -0.1) is 16.4 Å². The molecule has 0 spiro atoms. The normalized spacial score (nSPS) is 13.0. The number of hydrazine groups is 1. The predicted molar refractivity (Wildman–Crippen MR) is 61.1 cm³/mol. The van der Waals surface area contributed by atoms with Crippen LogP contribution in [0.1, 0.15) is 15.8 Å². The fourth-order valence-corrected chi connectivity index (χ4v) is 3.43. The highest BCUT2D eigenvalue weighted by atomic mass is 79.9. The van der Waals surface area contributed by atoms with E-state index in [4.69, 9.17) is 5.84 Å². The molecule has 3 N–H and O–H groups in total. The van der Waals surface area contributed by atoms with E-state index in [-0.39, 0.29) is 6.04 Å². The molecule has 0 aliphatic carbocycles. The van der Waals surface area contributed by atoms with E-state index in [1.807, 2.05) is 11.4 Å². The summed E-state index contributed by atoms with van der Waals surface area (Å²) in [5.41, 5.74) is 2.76. The van der Waals surface area contributed by atoms with Gasteiger partial charge in [0, 0.05) is 9.35 Å². The number of thiophene rings is 1. The van der Waals surface area contributed by atoms with Crippen molar-refractivity contribution in [3.8, 4) is 0 Å². The van der Waals surface area contributed by atoms with Gasteiger partial charge in [0.1, 0.15) is 0 Å². The van der Waals surface area contributed by atoms with Crippen molar-refractivity contribution in [2.45, 2.75) is 6.04 Å². The van der Waals surface area contributed by atoms with Crippen molar-refractivity contribution in [2.75, 3.05) is 0 Å². The highest BCUT2D eigenvalue weighted by molar-refractivity contribution is 9.10. The lowest BCUT2D eigenvalue weighted by Crippen LogP contribution is -2.27. The minimum atomic E-state index is -0.0237. The Bertz CT molecular complexity index is 399. The molecular formula is C7H7BrN4S2. The summed E-state index contributed by atoms with van der Waals surface area (Å²) in [6.07, 6.45) is 1.72. The first-order chi connectivity index (χ1) is 6.83. The van der Waals surface area contributed by atoms with Crippen LogP contribution >= 0.6 is 38.8 Å². The lowest BCUT2D eigenvalue weighted by Gasteiger charge is -2.11. The maximum Gasteiger partial charge on any atom is 0.0938 e. The molecule has 2 rings (SSSR count). The molecule has 2 heterocycles. The summed E-state index contributed by atoms with van der Waals surface area (Å²) in [6.45, 7) is 0. The van der Waals surface area contributed by atoms with E-state index < -0.39 is 0 Å². The predicted octanol–water partition coefficient (Wildman–Crippen LogP) is 1.91. The van der Waals surface area contributed by atoms with Crippen LogP contribution in [0.5, 0.6) is 0 Å². The van der Waals surface area contributed by atoms with Gasteiger partial charge in [-0.25, -0.2) is 5.43 Å². The number of nitrogens with one attached hydrogen (secondary N) is 1. The topological polar surface area (TPSA) is 63.8 Å². The summed E-state index contributed by atoms with van der Waals surface area (Å²) in [5.74, 6) is 5.51. The summed E-state index contributed by atoms with van der Waals surface area (Å²) < 4.78 is 4.87. The van der Waals surface area contributed by atoms with Crippen LogP contribution in [0.25, 0.3) is 0 Å². The van der Waals surface area contributed by atoms with Crippen LogP contribution in [0.4, 0.5) is 0 Å². The maximum absolute atomic E-state index is 5.51. The SMILES string of the molecule is NNC(c1cnns1)c1sccc1Br. The third kappa shape index (κ3) is 1.86. The van der Waals surface area contributed by atoms with E-state index in [2.05, 4.69) is 30.9 Å². The Hall–Kier alpha value is -0.340. The van der Waals surface area contributed by atoms with Gasteiger partial charge in [-0.1, -0.05) is 4.49 Å². The molecule has 0 amide bonds. The maximum atomic E-state index is 5.51. The number of aromatic nitrogens is 2. The molecule has 14 heavy (non-hydrogen) atoms. The second-order valence-electron chi connectivity index (χ2n) is 2.55. The van der Waals surface area contributed by atoms with Crippen molar-refractivity contribution in [2.24, 2.45) is 5.84 Å². The minimum absolute atomic E-state index is 0.0237. The largest absolute Gasteiger partial charge is 0.271 e. The molecule has 0 saturated heterocycles. The van der Waals surface area contributed by atoms with Crippen molar-refractivity contribution >= 4 is 38.8 Å². The van der Waals surface area contributed by atoms with E-state index in [0.29, 0.717) is 0 Å². The minimum Gasteiger partial charge on any atom is -0.271 e. The Kier molecular flexibility index (Phi) is 3.24. The number of hydrogen-bond acceptors (Lipinski definition) is 6. The first-order valence-corrected chi connectivity index (χ1v) is 6.24. The van der Waals surface area contributed by atoms with Crippen LogP contribution in [0.2, 0.25) is 0 Å². The molecular weight excluding hydrogens is 284 g/mol. The zero-order valence-electron chi connectivity index (χ0n) is 6.98. The second-order valence-corrected chi connectivity index (χ2v) is 5.17. The van der Waals surface area contributed by atoms with E-state index >= 15 is 0 Å². The van der Waals surface area contributed by atoms with Gasteiger partial charge in [0.2, 0.25) is 0 Å². The summed E-state index contributed by atoms with van der Waals surface area (Å²) >= 11 is 6.46. The highest BCUT2D eigenvalue weighted by Gasteiger charge is 2.18. The second kappa shape index (κ2) is 4.45. The Labute approximate surface area is 97.4 Å². The van der Waals surface area contributed by atoms with Gasteiger partial charge in [0.15, 0.2) is 0 Å². The fraction of sp³-hybridized carbons (Fsp3) is 0.143. The molecule has 1 unspecified atom stereocenters. The van der Waals surface area contributed by atoms with Crippen LogP contribution in [0.3, 0.4) is 0 Å². The van der Waals surface area contributed by atoms with Gasteiger partial charge in [0.05, 0.1) is 17.1 Å². The smallest absolute Gasteiger partial charge is 0.0938 e. The van der Waals surface area contributed by atoms with E-state index in [0.717, 1.165) is 14.2 Å². The van der Waals surface area contributed by atoms with Gasteiger partial charge >= 0.3 is 0 Å². The molecule has 1 atom stereocenters. The first-order valence-electron chi connectivity index (χ1n) is 3.79. The molecule has 2 aromatic rings. The van der Waals surface area contributed by atoms with Crippen LogP contribution < -0.4 is 11.3 Å². The first kappa shape index (κ1) is 10.2. The zero-order chi connectivity index (χ0) is 9.97. The Morgan fingerprint density at radius 3 is 2.93 bits per heavy atom. The molecule has 0 radical (unpaired) electrons. The van der Waals surface area contributed by atoms with Gasteiger partial charge in [-0.3, -0.25) is 5.84 Å². The van der Waals surface area contributed by atoms with E-state index in [9.17, 15) is 0 Å². The van der Waals surface area contributed by atoms with Crippen molar-refractivity contribution in [3.05, 3.63) is 31.9 Å². The van der Waals surface area contributed by atoms with Gasteiger partial charge in [0.25, 0.3) is 0 Å². The summed E-state index contributed by atoms with van der Waals surface area (Å²) in [6, 6.07) is 1.98. The fourth-order valence-electron chi connectivity index (χ4n) is 1.10. The molecule has 0 bridgehead atoms. The Balaban J connectivity index is 2.36. The molecule has 0 fully saturated rings. The van der Waals surface area contributed by atoms with Crippen LogP contribution in [-0.4, -0.2) is 9.59 Å². The van der Waals surface area contributed by atoms with Crippen molar-refractivity contribution < 1.29 is 0 Å². The monoisotopic (exact) mass is 290 g/mol. The number of nitrogens with zero attached hydrogens (tertiary/aromatic N) is 2. The van der Waals surface area contributed by atoms with Crippen molar-refractivity contribution in [3.63, 3.8) is 0 Å². The van der Waals surface area contributed by atoms with Gasteiger partial charge < -0.3 is 0 Å². The molecule has 4 nitrogen and oxygen atoms in total. The number of nitrogens with two attached hydrogens (primary N) is 1. The zero-order valence-corrected chi connectivity index (χ0v) is 10.2. The van der Waals surface area contributed by atoms with Crippen LogP contribution in [-0.2, 0) is 0 Å². The van der Waals surface area contributed by atoms with Gasteiger partial charge in [-0.05, 0) is 38.9 Å². The summed E-state index contributed by atoms with van der Waals surface area (Å²) in [4.78, 5) is 2.15. The van der Waals surface area contributed by atoms with Crippen molar-refractivity contribution in [1.82, 2.24) is 15.0 Å². The quantitative estimate of drug-likeness (QED) is 0.670. The lowest BCUT2D eigenvalue weighted by molar-refractivity contribution is 0.653. The Morgan fingerprint density at radius 1 is 1.57 bits per heavy atom. The average molecular weight is 291 g/mol. The molecule has 0 saturated carbocycles. The number of rotatable bonds is 3. The molecule has 0 aromatic carbocycles. The van der Waals surface area contributed by atoms with E-state index in [1.54, 1.807) is 17.5 Å². The molecule has 7 heteroatoms. The standard InChI is InChI=1S/C7H7BrN4S2/c8-4-1-2-13-7(4)6(11-9)5-3-10-12-14-5/h1-3,6,11H,9H2. The third-order valence-corrected chi connectivity index (χ3v) is 4.40. The lowest BCUT2D eigenvalue weighted by atomic mass is 10.2. The highest BCUT2D eigenvalue weighted by Crippen LogP contribution is 2.33. The van der Waals surface area contributed by atoms with Crippen LogP contribution in [0.15, 0.2) is 22.1 Å². The third-order valence-electron chi connectivity index (χ3n) is 1.74. The number of hydrogen-bond donors (Lipinski definition) is 2. The van der Waals surface area contributed by atoms with Gasteiger partial charge in [-0.2, -0.15) is 0 Å². The van der Waals surface area contributed by atoms with Crippen LogP contribution in [0, 0.1) is 0 Å². The summed E-state index contributed by atoms with van der Waals surface area (Å²) in [7, 11) is 0. The molecule has 74 valence electrons. The average Bonchev–Trinajstić information content (AvgIpc) is 2.80.